The third-order valence-corrected chi connectivity index (χ3v) is 3.87. The van der Waals surface area contributed by atoms with E-state index in [1.165, 1.54) is 0 Å². The lowest BCUT2D eigenvalue weighted by Crippen LogP contribution is -2.54. The summed E-state index contributed by atoms with van der Waals surface area (Å²) < 4.78 is 0. The predicted octanol–water partition coefficient (Wildman–Crippen LogP) is 2.17. The number of benzene rings is 1. The van der Waals surface area contributed by atoms with E-state index in [2.05, 4.69) is 28.7 Å². The number of rotatable bonds is 2. The molecule has 1 saturated heterocycles. The average molecular weight is 257 g/mol. The molecule has 0 spiro atoms. The third-order valence-electron chi connectivity index (χ3n) is 3.87. The van der Waals surface area contributed by atoms with Gasteiger partial charge in [0.25, 0.3) is 0 Å². The zero-order valence-electron chi connectivity index (χ0n) is 10.9. The molecule has 2 atom stereocenters. The number of fused-ring (bicyclic) bond motifs is 1. The first-order valence-electron chi connectivity index (χ1n) is 6.33. The van der Waals surface area contributed by atoms with Gasteiger partial charge in [-0.05, 0) is 31.0 Å². The summed E-state index contributed by atoms with van der Waals surface area (Å²) in [6, 6.07) is 5.36. The first-order chi connectivity index (χ1) is 9.06. The van der Waals surface area contributed by atoms with Gasteiger partial charge in [0.2, 0.25) is 5.95 Å². The fourth-order valence-electron chi connectivity index (χ4n) is 2.36. The van der Waals surface area contributed by atoms with E-state index < -0.39 is 5.97 Å². The fraction of sp³-hybridized carbons (Fsp3) is 0.357. The zero-order chi connectivity index (χ0) is 13.6. The topological polar surface area (TPSA) is 66.3 Å². The maximum atomic E-state index is 10.9. The molecule has 2 unspecified atom stereocenters. The van der Waals surface area contributed by atoms with E-state index in [9.17, 15) is 4.79 Å². The van der Waals surface area contributed by atoms with Crippen LogP contribution in [0.4, 0.5) is 5.95 Å². The van der Waals surface area contributed by atoms with Crippen LogP contribution in [-0.4, -0.2) is 33.6 Å². The summed E-state index contributed by atoms with van der Waals surface area (Å²) in [5, 5.41) is 9.70. The zero-order valence-corrected chi connectivity index (χ0v) is 10.9. The standard InChI is InChI=1S/C14H15N3O2/c1-8-7-17(9(8)2)14-15-6-11-5-10(13(18)19)3-4-12(11)16-14/h3-6,8-9H,7H2,1-2H3,(H,18,19). The molecule has 2 heterocycles. The molecule has 98 valence electrons. The Balaban J connectivity index is 1.98. The van der Waals surface area contributed by atoms with Crippen LogP contribution in [0.3, 0.4) is 0 Å². The number of carbonyl (C=O) groups is 1. The molecule has 1 N–H and O–H groups in total. The van der Waals surface area contributed by atoms with Gasteiger partial charge < -0.3 is 10.0 Å². The van der Waals surface area contributed by atoms with Crippen LogP contribution >= 0.6 is 0 Å². The lowest BCUT2D eigenvalue weighted by Gasteiger charge is -2.44. The normalized spacial score (nSPS) is 22.3. The summed E-state index contributed by atoms with van der Waals surface area (Å²) in [7, 11) is 0. The van der Waals surface area contributed by atoms with Crippen LogP contribution in [0.1, 0.15) is 24.2 Å². The van der Waals surface area contributed by atoms with Crippen molar-refractivity contribution in [2.75, 3.05) is 11.4 Å². The monoisotopic (exact) mass is 257 g/mol. The van der Waals surface area contributed by atoms with Crippen LogP contribution in [0.15, 0.2) is 24.4 Å². The van der Waals surface area contributed by atoms with Gasteiger partial charge in [0.1, 0.15) is 0 Å². The molecule has 1 fully saturated rings. The minimum absolute atomic E-state index is 0.259. The molecule has 1 aromatic carbocycles. The lowest BCUT2D eigenvalue weighted by molar-refractivity contribution is 0.0697. The van der Waals surface area contributed by atoms with Gasteiger partial charge in [-0.3, -0.25) is 0 Å². The third kappa shape index (κ3) is 1.91. The van der Waals surface area contributed by atoms with E-state index in [0.717, 1.165) is 23.4 Å². The van der Waals surface area contributed by atoms with Gasteiger partial charge >= 0.3 is 5.97 Å². The number of carboxylic acid groups (broad SMARTS) is 1. The molecule has 0 radical (unpaired) electrons. The van der Waals surface area contributed by atoms with Crippen LogP contribution in [-0.2, 0) is 0 Å². The van der Waals surface area contributed by atoms with Gasteiger partial charge in [-0.15, -0.1) is 0 Å². The first kappa shape index (κ1) is 11.9. The molecule has 5 nitrogen and oxygen atoms in total. The molecule has 3 rings (SSSR count). The number of carboxylic acids is 1. The number of anilines is 1. The van der Waals surface area contributed by atoms with E-state index in [0.29, 0.717) is 12.0 Å². The number of hydrogen-bond acceptors (Lipinski definition) is 4. The fourth-order valence-corrected chi connectivity index (χ4v) is 2.36. The Morgan fingerprint density at radius 1 is 1.42 bits per heavy atom. The molecule has 0 saturated carbocycles. The number of hydrogen-bond donors (Lipinski definition) is 1. The van der Waals surface area contributed by atoms with Crippen molar-refractivity contribution >= 4 is 22.8 Å². The second-order valence-electron chi connectivity index (χ2n) is 5.12. The van der Waals surface area contributed by atoms with E-state index in [-0.39, 0.29) is 5.56 Å². The van der Waals surface area contributed by atoms with E-state index in [1.807, 2.05) is 0 Å². The Labute approximate surface area is 110 Å². The Kier molecular flexibility index (Phi) is 2.62. The predicted molar refractivity (Wildman–Crippen MR) is 72.5 cm³/mol. The minimum atomic E-state index is -0.934. The highest BCUT2D eigenvalue weighted by Gasteiger charge is 2.33. The van der Waals surface area contributed by atoms with Gasteiger partial charge in [0, 0.05) is 24.2 Å². The SMILES string of the molecule is CC1CN(c2ncc3cc(C(=O)O)ccc3n2)C1C. The Hall–Kier alpha value is -2.17. The lowest BCUT2D eigenvalue weighted by atomic mass is 9.93. The van der Waals surface area contributed by atoms with E-state index >= 15 is 0 Å². The van der Waals surface area contributed by atoms with E-state index in [4.69, 9.17) is 5.11 Å². The van der Waals surface area contributed by atoms with Crippen LogP contribution < -0.4 is 4.90 Å². The highest BCUT2D eigenvalue weighted by Crippen LogP contribution is 2.28. The molecule has 2 aromatic rings. The maximum Gasteiger partial charge on any atom is 0.335 e. The summed E-state index contributed by atoms with van der Waals surface area (Å²) >= 11 is 0. The summed E-state index contributed by atoms with van der Waals surface area (Å²) in [6.07, 6.45) is 1.69. The molecule has 1 aliphatic heterocycles. The molecule has 1 aliphatic rings. The molecule has 0 aliphatic carbocycles. The first-order valence-corrected chi connectivity index (χ1v) is 6.33. The van der Waals surface area contributed by atoms with Crippen LogP contribution in [0.2, 0.25) is 0 Å². The van der Waals surface area contributed by atoms with Gasteiger partial charge in [-0.25, -0.2) is 14.8 Å². The second-order valence-corrected chi connectivity index (χ2v) is 5.12. The molecule has 1 aromatic heterocycles. The van der Waals surface area contributed by atoms with Crippen molar-refractivity contribution in [3.05, 3.63) is 30.0 Å². The molecule has 5 heteroatoms. The number of aromatic carboxylic acids is 1. The van der Waals surface area contributed by atoms with Gasteiger partial charge in [0.05, 0.1) is 11.1 Å². The van der Waals surface area contributed by atoms with Crippen molar-refractivity contribution in [3.63, 3.8) is 0 Å². The minimum Gasteiger partial charge on any atom is -0.478 e. The van der Waals surface area contributed by atoms with Gasteiger partial charge in [-0.1, -0.05) is 6.92 Å². The van der Waals surface area contributed by atoms with Crippen molar-refractivity contribution in [1.29, 1.82) is 0 Å². The van der Waals surface area contributed by atoms with Crippen LogP contribution in [0, 0.1) is 5.92 Å². The van der Waals surface area contributed by atoms with Crippen molar-refractivity contribution in [3.8, 4) is 0 Å². The van der Waals surface area contributed by atoms with Crippen molar-refractivity contribution in [1.82, 2.24) is 9.97 Å². The second kappa shape index (κ2) is 4.19. The number of aromatic nitrogens is 2. The highest BCUT2D eigenvalue weighted by molar-refractivity contribution is 5.93. The summed E-state index contributed by atoms with van der Waals surface area (Å²) in [6.45, 7) is 5.34. The molecular formula is C14H15N3O2. The van der Waals surface area contributed by atoms with Crippen LogP contribution in [0.25, 0.3) is 10.9 Å². The molecular weight excluding hydrogens is 242 g/mol. The molecule has 0 amide bonds. The van der Waals surface area contributed by atoms with Gasteiger partial charge in [-0.2, -0.15) is 0 Å². The summed E-state index contributed by atoms with van der Waals surface area (Å²) in [5.41, 5.74) is 1.04. The molecule has 19 heavy (non-hydrogen) atoms. The van der Waals surface area contributed by atoms with Crippen LogP contribution in [0.5, 0.6) is 0 Å². The summed E-state index contributed by atoms with van der Waals surface area (Å²) in [4.78, 5) is 21.9. The van der Waals surface area contributed by atoms with Crippen molar-refractivity contribution in [2.45, 2.75) is 19.9 Å². The summed E-state index contributed by atoms with van der Waals surface area (Å²) in [5.74, 6) is 0.450. The Morgan fingerprint density at radius 2 is 2.21 bits per heavy atom. The van der Waals surface area contributed by atoms with Crippen molar-refractivity contribution < 1.29 is 9.90 Å². The van der Waals surface area contributed by atoms with Gasteiger partial charge in [0.15, 0.2) is 0 Å². The van der Waals surface area contributed by atoms with Crippen molar-refractivity contribution in [2.24, 2.45) is 5.92 Å². The largest absolute Gasteiger partial charge is 0.478 e. The Morgan fingerprint density at radius 3 is 2.84 bits per heavy atom. The van der Waals surface area contributed by atoms with E-state index in [1.54, 1.807) is 24.4 Å². The number of nitrogens with zero attached hydrogens (tertiary/aromatic N) is 3. The quantitative estimate of drug-likeness (QED) is 0.893. The average Bonchev–Trinajstić information content (AvgIpc) is 2.43. The Bertz CT molecular complexity index is 656. The highest BCUT2D eigenvalue weighted by atomic mass is 16.4. The molecule has 0 bridgehead atoms. The smallest absolute Gasteiger partial charge is 0.335 e. The maximum absolute atomic E-state index is 10.9.